The van der Waals surface area contributed by atoms with Crippen LogP contribution in [0.1, 0.15) is 4.88 Å². The molecule has 1 N–H and O–H groups in total. The van der Waals surface area contributed by atoms with Crippen LogP contribution in [0, 0.1) is 5.41 Å². The second kappa shape index (κ2) is 4.36. The number of thioether (sulfide) groups is 1. The summed E-state index contributed by atoms with van der Waals surface area (Å²) in [6, 6.07) is 3.69. The highest BCUT2D eigenvalue weighted by Gasteiger charge is 2.48. The van der Waals surface area contributed by atoms with Crippen molar-refractivity contribution in [1.29, 1.82) is 5.41 Å². The highest BCUT2D eigenvalue weighted by Crippen LogP contribution is 2.37. The lowest BCUT2D eigenvalue weighted by molar-refractivity contribution is 0.376. The van der Waals surface area contributed by atoms with Gasteiger partial charge in [-0.25, -0.2) is 13.4 Å². The van der Waals surface area contributed by atoms with E-state index >= 15 is 0 Å². The minimum absolute atomic E-state index is 0.0389. The zero-order chi connectivity index (χ0) is 12.8. The van der Waals surface area contributed by atoms with Gasteiger partial charge in [-0.2, -0.15) is 5.10 Å². The Bertz CT molecular complexity index is 594. The monoisotopic (exact) mass is 301 g/mol. The molecule has 0 spiro atoms. The SMILES string of the molecule is N=C1S[C@@H]2CS(=O)(=O)C[C@H]2N1/N=C\c1cccs1. The summed E-state index contributed by atoms with van der Waals surface area (Å²) in [6.07, 6.45) is 1.69. The van der Waals surface area contributed by atoms with Crippen LogP contribution in [-0.4, -0.2) is 47.6 Å². The zero-order valence-corrected chi connectivity index (χ0v) is 11.8. The van der Waals surface area contributed by atoms with E-state index in [2.05, 4.69) is 5.10 Å². The highest BCUT2D eigenvalue weighted by atomic mass is 32.2. The van der Waals surface area contributed by atoms with Gasteiger partial charge < -0.3 is 0 Å². The first-order chi connectivity index (χ1) is 8.55. The molecule has 3 heterocycles. The Labute approximate surface area is 113 Å². The molecule has 18 heavy (non-hydrogen) atoms. The molecule has 5 nitrogen and oxygen atoms in total. The molecule has 0 aromatic carbocycles. The second-order valence-corrected chi connectivity index (χ2v) is 8.57. The van der Waals surface area contributed by atoms with Crippen LogP contribution in [0.25, 0.3) is 0 Å². The molecular weight excluding hydrogens is 290 g/mol. The molecule has 0 unspecified atom stereocenters. The normalized spacial score (nSPS) is 30.2. The van der Waals surface area contributed by atoms with Gasteiger partial charge in [0.25, 0.3) is 0 Å². The van der Waals surface area contributed by atoms with E-state index in [0.717, 1.165) is 4.88 Å². The number of nitrogens with zero attached hydrogens (tertiary/aromatic N) is 2. The van der Waals surface area contributed by atoms with Gasteiger partial charge in [0, 0.05) is 10.1 Å². The average Bonchev–Trinajstić information content (AvgIpc) is 2.92. The maximum Gasteiger partial charge on any atom is 0.177 e. The lowest BCUT2D eigenvalue weighted by Crippen LogP contribution is -2.32. The van der Waals surface area contributed by atoms with Crippen molar-refractivity contribution >= 4 is 44.3 Å². The largest absolute Gasteiger partial charge is 0.277 e. The minimum Gasteiger partial charge on any atom is -0.277 e. The molecule has 2 aliphatic heterocycles. The Morgan fingerprint density at radius 3 is 3.06 bits per heavy atom. The molecule has 2 atom stereocenters. The highest BCUT2D eigenvalue weighted by molar-refractivity contribution is 8.15. The molecule has 2 fully saturated rings. The van der Waals surface area contributed by atoms with E-state index in [0.29, 0.717) is 5.17 Å². The first-order valence-electron chi connectivity index (χ1n) is 5.37. The summed E-state index contributed by atoms with van der Waals surface area (Å²) in [6.45, 7) is 0. The average molecular weight is 301 g/mol. The number of hydrogen-bond donors (Lipinski definition) is 1. The summed E-state index contributed by atoms with van der Waals surface area (Å²) < 4.78 is 23.1. The number of fused-ring (bicyclic) bond motifs is 1. The summed E-state index contributed by atoms with van der Waals surface area (Å²) >= 11 is 2.86. The first kappa shape index (κ1) is 12.2. The van der Waals surface area contributed by atoms with Crippen molar-refractivity contribution in [3.63, 3.8) is 0 Å². The number of sulfone groups is 1. The quantitative estimate of drug-likeness (QED) is 0.834. The van der Waals surface area contributed by atoms with Gasteiger partial charge in [-0.05, 0) is 11.4 Å². The summed E-state index contributed by atoms with van der Waals surface area (Å²) in [7, 11) is -2.96. The van der Waals surface area contributed by atoms with Crippen LogP contribution in [0.5, 0.6) is 0 Å². The van der Waals surface area contributed by atoms with Crippen LogP contribution in [0.15, 0.2) is 22.6 Å². The minimum atomic E-state index is -2.96. The first-order valence-corrected chi connectivity index (χ1v) is 8.95. The maximum atomic E-state index is 11.6. The lowest BCUT2D eigenvalue weighted by Gasteiger charge is -2.16. The van der Waals surface area contributed by atoms with E-state index in [1.165, 1.54) is 11.8 Å². The molecule has 3 rings (SSSR count). The number of hydrogen-bond acceptors (Lipinski definition) is 6. The third-order valence-electron chi connectivity index (χ3n) is 2.91. The summed E-state index contributed by atoms with van der Waals surface area (Å²) in [4.78, 5) is 0.997. The fourth-order valence-corrected chi connectivity index (χ4v) is 6.40. The van der Waals surface area contributed by atoms with Crippen molar-refractivity contribution in [2.24, 2.45) is 5.10 Å². The topological polar surface area (TPSA) is 73.6 Å². The van der Waals surface area contributed by atoms with Crippen LogP contribution in [0.4, 0.5) is 0 Å². The predicted molar refractivity (Wildman–Crippen MR) is 75.3 cm³/mol. The standard InChI is InChI=1S/C10H11N3O2S3/c11-10-13(12-4-7-2-1-3-16-7)8-5-18(14,15)6-9(8)17-10/h1-4,8-9,11H,5-6H2/b11-10?,12-4-/t8-,9-/m1/s1. The van der Waals surface area contributed by atoms with Crippen molar-refractivity contribution in [1.82, 2.24) is 5.01 Å². The molecule has 0 radical (unpaired) electrons. The number of hydrazone groups is 1. The van der Waals surface area contributed by atoms with E-state index in [9.17, 15) is 8.42 Å². The number of rotatable bonds is 2. The lowest BCUT2D eigenvalue weighted by atomic mass is 10.2. The van der Waals surface area contributed by atoms with Gasteiger partial charge in [-0.3, -0.25) is 5.41 Å². The molecule has 8 heteroatoms. The summed E-state index contributed by atoms with van der Waals surface area (Å²) in [5.74, 6) is 0.268. The van der Waals surface area contributed by atoms with E-state index in [-0.39, 0.29) is 22.8 Å². The van der Waals surface area contributed by atoms with Crippen molar-refractivity contribution in [2.75, 3.05) is 11.5 Å². The molecular formula is C10H11N3O2S3. The summed E-state index contributed by atoms with van der Waals surface area (Å²) in [5, 5.41) is 15.9. The molecule has 0 bridgehead atoms. The van der Waals surface area contributed by atoms with Gasteiger partial charge in [0.2, 0.25) is 0 Å². The van der Waals surface area contributed by atoms with Gasteiger partial charge in [0.05, 0.1) is 23.8 Å². The molecule has 1 aromatic rings. The van der Waals surface area contributed by atoms with Crippen LogP contribution in [0.2, 0.25) is 0 Å². The van der Waals surface area contributed by atoms with Crippen LogP contribution in [-0.2, 0) is 9.84 Å². The second-order valence-electron chi connectivity index (χ2n) is 4.21. The van der Waals surface area contributed by atoms with E-state index in [1.54, 1.807) is 22.6 Å². The zero-order valence-electron chi connectivity index (χ0n) is 9.31. The molecule has 0 aliphatic carbocycles. The summed E-state index contributed by atoms with van der Waals surface area (Å²) in [5.41, 5.74) is 0. The number of nitrogens with one attached hydrogen (secondary N) is 1. The van der Waals surface area contributed by atoms with Crippen molar-refractivity contribution in [3.05, 3.63) is 22.4 Å². The van der Waals surface area contributed by atoms with Crippen LogP contribution < -0.4 is 0 Å². The Balaban J connectivity index is 1.81. The van der Waals surface area contributed by atoms with Gasteiger partial charge >= 0.3 is 0 Å². The van der Waals surface area contributed by atoms with Gasteiger partial charge in [0.1, 0.15) is 0 Å². The molecule has 2 saturated heterocycles. The van der Waals surface area contributed by atoms with Gasteiger partial charge in [-0.15, -0.1) is 11.3 Å². The molecule has 96 valence electrons. The van der Waals surface area contributed by atoms with Crippen LogP contribution in [0.3, 0.4) is 0 Å². The smallest absolute Gasteiger partial charge is 0.177 e. The number of amidine groups is 1. The molecule has 1 aromatic heterocycles. The molecule has 0 amide bonds. The fraction of sp³-hybridized carbons (Fsp3) is 0.400. The van der Waals surface area contributed by atoms with E-state index < -0.39 is 9.84 Å². The Kier molecular flexibility index (Phi) is 2.95. The van der Waals surface area contributed by atoms with Crippen molar-refractivity contribution in [2.45, 2.75) is 11.3 Å². The fourth-order valence-electron chi connectivity index (χ4n) is 2.11. The van der Waals surface area contributed by atoms with Crippen LogP contribution >= 0.6 is 23.1 Å². The Hall–Kier alpha value is -0.860. The van der Waals surface area contributed by atoms with E-state index in [4.69, 9.17) is 5.41 Å². The van der Waals surface area contributed by atoms with Crippen molar-refractivity contribution in [3.8, 4) is 0 Å². The Morgan fingerprint density at radius 2 is 2.33 bits per heavy atom. The van der Waals surface area contributed by atoms with Gasteiger partial charge in [0.15, 0.2) is 15.0 Å². The number of thiophene rings is 1. The third-order valence-corrected chi connectivity index (χ3v) is 6.84. The maximum absolute atomic E-state index is 11.6. The Morgan fingerprint density at radius 1 is 1.50 bits per heavy atom. The third kappa shape index (κ3) is 2.19. The van der Waals surface area contributed by atoms with Crippen molar-refractivity contribution < 1.29 is 8.42 Å². The van der Waals surface area contributed by atoms with E-state index in [1.807, 2.05) is 17.5 Å². The molecule has 2 aliphatic rings. The molecule has 0 saturated carbocycles. The van der Waals surface area contributed by atoms with Gasteiger partial charge in [-0.1, -0.05) is 17.8 Å². The predicted octanol–water partition coefficient (Wildman–Crippen LogP) is 1.23.